The molecule has 2 aromatic carbocycles. The lowest BCUT2D eigenvalue weighted by Gasteiger charge is -2.14. The second-order valence-corrected chi connectivity index (χ2v) is 7.02. The van der Waals surface area contributed by atoms with Gasteiger partial charge in [-0.1, -0.05) is 52.6 Å². The molecule has 2 aromatic rings. The predicted octanol–water partition coefficient (Wildman–Crippen LogP) is 5.43. The number of rotatable bonds is 5. The Morgan fingerprint density at radius 1 is 1.08 bits per heavy atom. The molecule has 0 aliphatic rings. The van der Waals surface area contributed by atoms with Crippen molar-refractivity contribution in [3.05, 3.63) is 57.6 Å². The van der Waals surface area contributed by atoms with E-state index in [1.807, 2.05) is 45.0 Å². The van der Waals surface area contributed by atoms with Crippen LogP contribution < -0.4 is 4.74 Å². The van der Waals surface area contributed by atoms with Crippen LogP contribution in [0.2, 0.25) is 10.0 Å². The number of nitrogens with zero attached hydrogens (tertiary/aromatic N) is 1. The fourth-order valence-electron chi connectivity index (χ4n) is 1.79. The highest BCUT2D eigenvalue weighted by Crippen LogP contribution is 2.36. The van der Waals surface area contributed by atoms with Gasteiger partial charge >= 0.3 is 0 Å². The van der Waals surface area contributed by atoms with Crippen LogP contribution in [0.25, 0.3) is 0 Å². The van der Waals surface area contributed by atoms with Gasteiger partial charge in [0.2, 0.25) is 0 Å². The molecule has 0 atom stereocenters. The molecule has 0 fully saturated rings. The molecule has 0 amide bonds. The van der Waals surface area contributed by atoms with Crippen molar-refractivity contribution < 1.29 is 14.7 Å². The standard InChI is InChI=1S/C18H19Cl2NO3/c1-18(2,3)24-21-10-12-4-6-13(7-5-12)11-23-17-15(19)8-14(22)9-16(17)20/h4-10,22H,11H2,1-3H3. The van der Waals surface area contributed by atoms with Crippen LogP contribution in [0.15, 0.2) is 41.6 Å². The van der Waals surface area contributed by atoms with Gasteiger partial charge in [-0.2, -0.15) is 0 Å². The smallest absolute Gasteiger partial charge is 0.157 e. The largest absolute Gasteiger partial charge is 0.508 e. The van der Waals surface area contributed by atoms with E-state index < -0.39 is 0 Å². The minimum absolute atomic E-state index is 0.00142. The normalized spacial score (nSPS) is 11.7. The average molecular weight is 368 g/mol. The summed E-state index contributed by atoms with van der Waals surface area (Å²) in [4.78, 5) is 5.30. The molecule has 0 heterocycles. The van der Waals surface area contributed by atoms with E-state index in [0.29, 0.717) is 12.4 Å². The molecule has 0 aliphatic heterocycles. The summed E-state index contributed by atoms with van der Waals surface area (Å²) in [5.41, 5.74) is 1.56. The highest BCUT2D eigenvalue weighted by molar-refractivity contribution is 6.37. The maximum atomic E-state index is 9.41. The van der Waals surface area contributed by atoms with Crippen molar-refractivity contribution in [2.24, 2.45) is 5.16 Å². The number of benzene rings is 2. The zero-order valence-electron chi connectivity index (χ0n) is 13.7. The van der Waals surface area contributed by atoms with Gasteiger partial charge in [0.05, 0.1) is 16.3 Å². The Morgan fingerprint density at radius 2 is 1.67 bits per heavy atom. The Hall–Kier alpha value is -1.91. The number of ether oxygens (including phenoxy) is 1. The molecule has 0 bridgehead atoms. The van der Waals surface area contributed by atoms with Crippen molar-refractivity contribution >= 4 is 29.4 Å². The predicted molar refractivity (Wildman–Crippen MR) is 97.3 cm³/mol. The van der Waals surface area contributed by atoms with Gasteiger partial charge in [-0.25, -0.2) is 0 Å². The molecule has 0 saturated carbocycles. The van der Waals surface area contributed by atoms with Crippen LogP contribution in [-0.2, 0) is 11.4 Å². The van der Waals surface area contributed by atoms with Crippen LogP contribution in [0.5, 0.6) is 11.5 Å². The highest BCUT2D eigenvalue weighted by atomic mass is 35.5. The van der Waals surface area contributed by atoms with Gasteiger partial charge in [0, 0.05) is 12.1 Å². The molecular formula is C18H19Cl2NO3. The molecule has 2 rings (SSSR count). The number of phenols is 1. The van der Waals surface area contributed by atoms with Gasteiger partial charge in [0.25, 0.3) is 0 Å². The van der Waals surface area contributed by atoms with Crippen LogP contribution >= 0.6 is 23.2 Å². The SMILES string of the molecule is CC(C)(C)ON=Cc1ccc(COc2c(Cl)cc(O)cc2Cl)cc1. The third-order valence-electron chi connectivity index (χ3n) is 2.87. The Labute approximate surface area is 151 Å². The van der Waals surface area contributed by atoms with Gasteiger partial charge in [-0.05, 0) is 31.9 Å². The molecule has 0 aliphatic carbocycles. The van der Waals surface area contributed by atoms with E-state index in [1.54, 1.807) is 6.21 Å². The van der Waals surface area contributed by atoms with Gasteiger partial charge in [-0.3, -0.25) is 0 Å². The van der Waals surface area contributed by atoms with E-state index in [2.05, 4.69) is 5.16 Å². The van der Waals surface area contributed by atoms with Crippen molar-refractivity contribution in [2.45, 2.75) is 33.0 Å². The van der Waals surface area contributed by atoms with Gasteiger partial charge in [-0.15, -0.1) is 0 Å². The third kappa shape index (κ3) is 5.62. The first-order chi connectivity index (χ1) is 11.2. The van der Waals surface area contributed by atoms with E-state index >= 15 is 0 Å². The molecule has 0 saturated heterocycles. The molecular weight excluding hydrogens is 349 g/mol. The minimum Gasteiger partial charge on any atom is -0.508 e. The number of halogens is 2. The van der Waals surface area contributed by atoms with E-state index in [1.165, 1.54) is 12.1 Å². The summed E-state index contributed by atoms with van der Waals surface area (Å²) in [6, 6.07) is 10.4. The Morgan fingerprint density at radius 3 is 2.21 bits per heavy atom. The summed E-state index contributed by atoms with van der Waals surface area (Å²) < 4.78 is 5.64. The fourth-order valence-corrected chi connectivity index (χ4v) is 2.37. The minimum atomic E-state index is -0.313. The molecule has 24 heavy (non-hydrogen) atoms. The maximum Gasteiger partial charge on any atom is 0.157 e. The molecule has 1 N–H and O–H groups in total. The van der Waals surface area contributed by atoms with Crippen LogP contribution in [0, 0.1) is 0 Å². The summed E-state index contributed by atoms with van der Waals surface area (Å²) in [7, 11) is 0. The monoisotopic (exact) mass is 367 g/mol. The Kier molecular flexibility index (Phi) is 5.97. The van der Waals surface area contributed by atoms with Crippen LogP contribution in [-0.4, -0.2) is 16.9 Å². The van der Waals surface area contributed by atoms with Crippen molar-refractivity contribution in [3.63, 3.8) is 0 Å². The number of aromatic hydroxyl groups is 1. The lowest BCUT2D eigenvalue weighted by atomic mass is 10.1. The zero-order valence-corrected chi connectivity index (χ0v) is 15.2. The Balaban J connectivity index is 1.98. The number of oxime groups is 1. The Bertz CT molecular complexity index is 699. The first kappa shape index (κ1) is 18.4. The van der Waals surface area contributed by atoms with E-state index in [9.17, 15) is 5.11 Å². The van der Waals surface area contributed by atoms with E-state index in [0.717, 1.165) is 11.1 Å². The summed E-state index contributed by atoms with van der Waals surface area (Å²) in [6.45, 7) is 6.11. The molecule has 4 nitrogen and oxygen atoms in total. The van der Waals surface area contributed by atoms with Crippen LogP contribution in [0.4, 0.5) is 0 Å². The van der Waals surface area contributed by atoms with Crippen molar-refractivity contribution in [2.75, 3.05) is 0 Å². The van der Waals surface area contributed by atoms with Gasteiger partial charge < -0.3 is 14.7 Å². The van der Waals surface area contributed by atoms with Crippen LogP contribution in [0.1, 0.15) is 31.9 Å². The molecule has 0 radical (unpaired) electrons. The third-order valence-corrected chi connectivity index (χ3v) is 3.44. The molecule has 0 spiro atoms. The lowest BCUT2D eigenvalue weighted by Crippen LogP contribution is -2.15. The zero-order chi connectivity index (χ0) is 17.7. The quantitative estimate of drug-likeness (QED) is 0.566. The first-order valence-corrected chi connectivity index (χ1v) is 8.11. The first-order valence-electron chi connectivity index (χ1n) is 7.36. The van der Waals surface area contributed by atoms with Crippen molar-refractivity contribution in [1.82, 2.24) is 0 Å². The summed E-state index contributed by atoms with van der Waals surface area (Å²) in [5.74, 6) is 0.346. The number of phenolic OH excluding ortho intramolecular Hbond substituents is 1. The molecule has 0 unspecified atom stereocenters. The van der Waals surface area contributed by atoms with Gasteiger partial charge in [0.15, 0.2) is 5.75 Å². The van der Waals surface area contributed by atoms with Crippen molar-refractivity contribution in [3.8, 4) is 11.5 Å². The van der Waals surface area contributed by atoms with Crippen molar-refractivity contribution in [1.29, 1.82) is 0 Å². The van der Waals surface area contributed by atoms with E-state index in [4.69, 9.17) is 32.8 Å². The molecule has 6 heteroatoms. The maximum absolute atomic E-state index is 9.41. The number of hydrogen-bond donors (Lipinski definition) is 1. The van der Waals surface area contributed by atoms with E-state index in [-0.39, 0.29) is 21.4 Å². The average Bonchev–Trinajstić information content (AvgIpc) is 2.46. The second-order valence-electron chi connectivity index (χ2n) is 6.21. The number of hydrogen-bond acceptors (Lipinski definition) is 4. The molecule has 0 aromatic heterocycles. The van der Waals surface area contributed by atoms with Crippen LogP contribution in [0.3, 0.4) is 0 Å². The second kappa shape index (κ2) is 7.77. The molecule has 128 valence electrons. The van der Waals surface area contributed by atoms with Gasteiger partial charge in [0.1, 0.15) is 18.0 Å². The topological polar surface area (TPSA) is 51.0 Å². The lowest BCUT2D eigenvalue weighted by molar-refractivity contribution is 0.00199. The highest BCUT2D eigenvalue weighted by Gasteiger charge is 2.10. The fraction of sp³-hybridized carbons (Fsp3) is 0.278. The summed E-state index contributed by atoms with van der Waals surface area (Å²) in [5, 5.41) is 13.9. The summed E-state index contributed by atoms with van der Waals surface area (Å²) in [6.07, 6.45) is 1.66. The summed E-state index contributed by atoms with van der Waals surface area (Å²) >= 11 is 12.0.